The minimum absolute atomic E-state index is 0.0765. The predicted octanol–water partition coefficient (Wildman–Crippen LogP) is 16.9. The minimum atomic E-state index is -0.870. The predicted molar refractivity (Wildman–Crippen MR) is 262 cm³/mol. The molecular formula is C55H101NO3. The van der Waals surface area contributed by atoms with Crippen molar-refractivity contribution >= 4 is 5.91 Å². The van der Waals surface area contributed by atoms with E-state index in [0.29, 0.717) is 6.42 Å². The van der Waals surface area contributed by atoms with Crippen molar-refractivity contribution in [3.8, 4) is 0 Å². The molecule has 0 aliphatic rings. The fraction of sp³-hybridized carbons (Fsp3) is 0.800. The first-order valence-corrected chi connectivity index (χ1v) is 26.0. The summed E-state index contributed by atoms with van der Waals surface area (Å²) < 4.78 is 0. The fourth-order valence-corrected chi connectivity index (χ4v) is 7.71. The van der Waals surface area contributed by atoms with E-state index in [1.807, 2.05) is 6.08 Å². The summed E-state index contributed by atoms with van der Waals surface area (Å²) in [6.45, 7) is 4.28. The molecule has 0 saturated carbocycles. The van der Waals surface area contributed by atoms with Crippen molar-refractivity contribution < 1.29 is 15.0 Å². The molecule has 2 atom stereocenters. The van der Waals surface area contributed by atoms with Crippen LogP contribution >= 0.6 is 0 Å². The summed E-state index contributed by atoms with van der Waals surface area (Å²) in [7, 11) is 0. The zero-order valence-corrected chi connectivity index (χ0v) is 39.5. The molecule has 2 unspecified atom stereocenters. The van der Waals surface area contributed by atoms with E-state index in [-0.39, 0.29) is 12.5 Å². The van der Waals surface area contributed by atoms with Crippen molar-refractivity contribution in [3.05, 3.63) is 60.8 Å². The molecule has 0 rings (SSSR count). The lowest BCUT2D eigenvalue weighted by Gasteiger charge is -2.19. The Morgan fingerprint density at radius 2 is 0.712 bits per heavy atom. The molecule has 0 aromatic carbocycles. The molecule has 0 aliphatic heterocycles. The van der Waals surface area contributed by atoms with Gasteiger partial charge in [0.25, 0.3) is 0 Å². The first-order valence-electron chi connectivity index (χ1n) is 26.0. The van der Waals surface area contributed by atoms with Gasteiger partial charge in [-0.15, -0.1) is 0 Å². The summed E-state index contributed by atoms with van der Waals surface area (Å²) in [5.41, 5.74) is 0. The van der Waals surface area contributed by atoms with Gasteiger partial charge in [-0.05, 0) is 77.0 Å². The fourth-order valence-electron chi connectivity index (χ4n) is 7.71. The summed E-state index contributed by atoms with van der Waals surface area (Å²) in [5.74, 6) is -0.0765. The highest BCUT2D eigenvalue weighted by Crippen LogP contribution is 2.16. The second-order valence-electron chi connectivity index (χ2n) is 17.6. The Hall–Kier alpha value is -1.91. The van der Waals surface area contributed by atoms with E-state index >= 15 is 0 Å². The number of hydrogen-bond acceptors (Lipinski definition) is 3. The lowest BCUT2D eigenvalue weighted by molar-refractivity contribution is -0.123. The van der Waals surface area contributed by atoms with E-state index in [2.05, 4.69) is 67.8 Å². The molecule has 4 heteroatoms. The van der Waals surface area contributed by atoms with Gasteiger partial charge in [0.1, 0.15) is 0 Å². The Bertz CT molecular complexity index is 981. The van der Waals surface area contributed by atoms with Crippen molar-refractivity contribution in [1.29, 1.82) is 0 Å². The maximum atomic E-state index is 12.4. The third-order valence-corrected chi connectivity index (χ3v) is 11.7. The lowest BCUT2D eigenvalue weighted by Crippen LogP contribution is -2.45. The average Bonchev–Trinajstić information content (AvgIpc) is 3.24. The van der Waals surface area contributed by atoms with E-state index in [1.165, 1.54) is 199 Å². The largest absolute Gasteiger partial charge is 0.394 e. The zero-order chi connectivity index (χ0) is 42.8. The van der Waals surface area contributed by atoms with E-state index in [0.717, 1.165) is 44.9 Å². The second-order valence-corrected chi connectivity index (χ2v) is 17.6. The Morgan fingerprint density at radius 1 is 0.407 bits per heavy atom. The van der Waals surface area contributed by atoms with Crippen LogP contribution in [-0.4, -0.2) is 34.9 Å². The molecule has 59 heavy (non-hydrogen) atoms. The van der Waals surface area contributed by atoms with Crippen LogP contribution in [0.25, 0.3) is 0 Å². The topological polar surface area (TPSA) is 69.6 Å². The number of rotatable bonds is 47. The molecule has 0 aromatic rings. The minimum Gasteiger partial charge on any atom is -0.394 e. The molecule has 0 radical (unpaired) electrons. The maximum absolute atomic E-state index is 12.4. The van der Waals surface area contributed by atoms with Crippen LogP contribution in [0.1, 0.15) is 264 Å². The van der Waals surface area contributed by atoms with Crippen LogP contribution in [0.4, 0.5) is 0 Å². The summed E-state index contributed by atoms with van der Waals surface area (Å²) in [4.78, 5) is 12.4. The molecule has 0 saturated heterocycles. The first-order chi connectivity index (χ1) is 29.2. The number of aliphatic hydroxyl groups excluding tert-OH is 2. The Labute approximate surface area is 368 Å². The lowest BCUT2D eigenvalue weighted by atomic mass is 10.0. The van der Waals surface area contributed by atoms with Gasteiger partial charge in [-0.3, -0.25) is 4.79 Å². The summed E-state index contributed by atoms with van der Waals surface area (Å²) >= 11 is 0. The number of unbranched alkanes of at least 4 members (excludes halogenated alkanes) is 32. The molecule has 0 fully saturated rings. The number of amides is 1. The number of carbonyl (C=O) groups is 1. The van der Waals surface area contributed by atoms with Crippen LogP contribution in [0, 0.1) is 0 Å². The first kappa shape index (κ1) is 57.1. The Balaban J connectivity index is 3.51. The smallest absolute Gasteiger partial charge is 0.220 e. The monoisotopic (exact) mass is 824 g/mol. The molecule has 0 spiro atoms. The number of carbonyl (C=O) groups excluding carboxylic acids is 1. The normalized spacial score (nSPS) is 13.4. The van der Waals surface area contributed by atoms with E-state index < -0.39 is 12.1 Å². The summed E-state index contributed by atoms with van der Waals surface area (Å²) in [6.07, 6.45) is 70.8. The van der Waals surface area contributed by atoms with Gasteiger partial charge < -0.3 is 15.5 Å². The van der Waals surface area contributed by atoms with Gasteiger partial charge in [0.2, 0.25) is 5.91 Å². The Kier molecular flexibility index (Phi) is 48.8. The number of hydrogen-bond donors (Lipinski definition) is 3. The molecule has 0 heterocycles. The molecule has 0 bridgehead atoms. The van der Waals surface area contributed by atoms with Crippen LogP contribution in [-0.2, 0) is 4.79 Å². The zero-order valence-electron chi connectivity index (χ0n) is 39.5. The van der Waals surface area contributed by atoms with E-state index in [9.17, 15) is 15.0 Å². The van der Waals surface area contributed by atoms with Crippen LogP contribution in [0.5, 0.6) is 0 Å². The Morgan fingerprint density at radius 3 is 1.08 bits per heavy atom. The molecule has 3 N–H and O–H groups in total. The van der Waals surface area contributed by atoms with Crippen molar-refractivity contribution in [2.24, 2.45) is 0 Å². The summed E-state index contributed by atoms with van der Waals surface area (Å²) in [5, 5.41) is 23.0. The van der Waals surface area contributed by atoms with E-state index in [1.54, 1.807) is 6.08 Å². The molecule has 0 aliphatic carbocycles. The van der Waals surface area contributed by atoms with Crippen LogP contribution in [0.15, 0.2) is 60.8 Å². The van der Waals surface area contributed by atoms with E-state index in [4.69, 9.17) is 0 Å². The van der Waals surface area contributed by atoms with Crippen molar-refractivity contribution in [1.82, 2.24) is 5.32 Å². The highest BCUT2D eigenvalue weighted by Gasteiger charge is 2.17. The molecular weight excluding hydrogens is 723 g/mol. The third kappa shape index (κ3) is 47.0. The van der Waals surface area contributed by atoms with Crippen LogP contribution in [0.2, 0.25) is 0 Å². The SMILES string of the molecule is CCCCCCC/C=C\C/C=C\CCCCCCCCCCCCCCCCCCCCCC(=O)NC(CO)C(O)/C=C/CC/C=C/CC/C=C/CCCCCCCC. The number of aliphatic hydroxyl groups is 2. The molecule has 1 amide bonds. The van der Waals surface area contributed by atoms with Crippen molar-refractivity contribution in [2.75, 3.05) is 6.61 Å². The average molecular weight is 824 g/mol. The maximum Gasteiger partial charge on any atom is 0.220 e. The second kappa shape index (κ2) is 50.4. The van der Waals surface area contributed by atoms with Crippen LogP contribution in [0.3, 0.4) is 0 Å². The summed E-state index contributed by atoms with van der Waals surface area (Å²) in [6, 6.07) is -0.646. The quantitative estimate of drug-likeness (QED) is 0.0423. The number of allylic oxidation sites excluding steroid dienone is 9. The van der Waals surface area contributed by atoms with Crippen molar-refractivity contribution in [2.45, 2.75) is 276 Å². The van der Waals surface area contributed by atoms with Gasteiger partial charge in [-0.25, -0.2) is 0 Å². The van der Waals surface area contributed by atoms with Crippen molar-refractivity contribution in [3.63, 3.8) is 0 Å². The molecule has 344 valence electrons. The van der Waals surface area contributed by atoms with Gasteiger partial charge in [0.05, 0.1) is 18.8 Å². The number of nitrogens with one attached hydrogen (secondary N) is 1. The van der Waals surface area contributed by atoms with Gasteiger partial charge >= 0.3 is 0 Å². The highest BCUT2D eigenvalue weighted by molar-refractivity contribution is 5.76. The standard InChI is InChI=1S/C55H101NO3/c1-3-5-7-9-11-13-15-17-19-21-22-23-24-25-26-27-28-29-30-31-32-33-34-35-37-39-41-43-45-47-49-51-55(59)56-53(52-57)54(58)50-48-46-44-42-40-38-36-20-18-16-14-12-10-8-6-4-2/h15,17-18,20-22,40,42,48,50,53-54,57-58H,3-14,16,19,23-39,41,43-47,49,51-52H2,1-2H3,(H,56,59)/b17-15-,20-18+,22-21-,42-40+,50-48+. The van der Waals surface area contributed by atoms with Gasteiger partial charge in [-0.2, -0.15) is 0 Å². The van der Waals surface area contributed by atoms with Gasteiger partial charge in [-0.1, -0.05) is 242 Å². The molecule has 4 nitrogen and oxygen atoms in total. The third-order valence-electron chi connectivity index (χ3n) is 11.7. The van der Waals surface area contributed by atoms with Gasteiger partial charge in [0, 0.05) is 6.42 Å². The highest BCUT2D eigenvalue weighted by atomic mass is 16.3. The molecule has 0 aromatic heterocycles. The van der Waals surface area contributed by atoms with Crippen LogP contribution < -0.4 is 5.32 Å². The van der Waals surface area contributed by atoms with Gasteiger partial charge in [0.15, 0.2) is 0 Å².